The van der Waals surface area contributed by atoms with Gasteiger partial charge in [-0.25, -0.2) is 4.98 Å². The fraction of sp³-hybridized carbons (Fsp3) is 0.412. The highest BCUT2D eigenvalue weighted by molar-refractivity contribution is 7.07. The molecule has 1 amide bonds. The molecule has 2 aromatic rings. The number of carbonyl (C=O) groups is 1. The molecule has 1 saturated heterocycles. The third-order valence-electron chi connectivity index (χ3n) is 3.90. The van der Waals surface area contributed by atoms with Gasteiger partial charge in [0.15, 0.2) is 0 Å². The molecule has 0 aromatic carbocycles. The Bertz CT molecular complexity index is 658. The third kappa shape index (κ3) is 3.89. The van der Waals surface area contributed by atoms with E-state index in [-0.39, 0.29) is 12.0 Å². The van der Waals surface area contributed by atoms with Gasteiger partial charge in [-0.15, -0.1) is 0 Å². The van der Waals surface area contributed by atoms with E-state index in [1.54, 1.807) is 11.3 Å². The highest BCUT2D eigenvalue weighted by Gasteiger charge is 2.26. The first-order chi connectivity index (χ1) is 11.1. The van der Waals surface area contributed by atoms with Crippen LogP contribution in [0.3, 0.4) is 0 Å². The van der Waals surface area contributed by atoms with Gasteiger partial charge in [-0.1, -0.05) is 6.07 Å². The second-order valence-electron chi connectivity index (χ2n) is 5.82. The Balaban J connectivity index is 1.68. The number of anilines is 1. The van der Waals surface area contributed by atoms with Gasteiger partial charge in [0, 0.05) is 20.6 Å². The maximum Gasteiger partial charge on any atom is 0.227 e. The SMILES string of the molecule is CN(C)c1cccc(C2CN(C(=O)Cc3ccsc3)CCO2)n1. The summed E-state index contributed by atoms with van der Waals surface area (Å²) in [6.07, 6.45) is 0.302. The molecule has 1 unspecified atom stereocenters. The molecule has 0 aliphatic carbocycles. The third-order valence-corrected chi connectivity index (χ3v) is 4.63. The van der Waals surface area contributed by atoms with Crippen LogP contribution in [-0.4, -0.2) is 49.6 Å². The fourth-order valence-electron chi connectivity index (χ4n) is 2.60. The zero-order valence-electron chi connectivity index (χ0n) is 13.4. The lowest BCUT2D eigenvalue weighted by Crippen LogP contribution is -2.43. The van der Waals surface area contributed by atoms with E-state index in [9.17, 15) is 4.79 Å². The summed E-state index contributed by atoms with van der Waals surface area (Å²) in [6, 6.07) is 7.91. The molecule has 0 N–H and O–H groups in total. The number of thiophene rings is 1. The van der Waals surface area contributed by atoms with E-state index in [0.29, 0.717) is 26.1 Å². The lowest BCUT2D eigenvalue weighted by Gasteiger charge is -2.33. The molecule has 1 fully saturated rings. The topological polar surface area (TPSA) is 45.7 Å². The van der Waals surface area contributed by atoms with Crippen LogP contribution >= 0.6 is 11.3 Å². The molecule has 5 nitrogen and oxygen atoms in total. The minimum Gasteiger partial charge on any atom is -0.368 e. The first kappa shape index (κ1) is 16.0. The Morgan fingerprint density at radius 3 is 3.04 bits per heavy atom. The van der Waals surface area contributed by atoms with Gasteiger partial charge in [-0.3, -0.25) is 4.79 Å². The van der Waals surface area contributed by atoms with Crippen LogP contribution in [0.15, 0.2) is 35.0 Å². The van der Waals surface area contributed by atoms with Crippen molar-refractivity contribution < 1.29 is 9.53 Å². The number of nitrogens with zero attached hydrogens (tertiary/aromatic N) is 3. The Labute approximate surface area is 140 Å². The summed E-state index contributed by atoms with van der Waals surface area (Å²) < 4.78 is 5.84. The zero-order valence-corrected chi connectivity index (χ0v) is 14.3. The van der Waals surface area contributed by atoms with Crippen LogP contribution in [0, 0.1) is 0 Å². The van der Waals surface area contributed by atoms with Crippen molar-refractivity contribution in [3.8, 4) is 0 Å². The highest BCUT2D eigenvalue weighted by atomic mass is 32.1. The number of aromatic nitrogens is 1. The standard InChI is InChI=1S/C17H21N3O2S/c1-19(2)16-5-3-4-14(18-16)15-11-20(7-8-22-15)17(21)10-13-6-9-23-12-13/h3-6,9,12,15H,7-8,10-11H2,1-2H3. The maximum atomic E-state index is 12.5. The number of hydrogen-bond donors (Lipinski definition) is 0. The lowest BCUT2D eigenvalue weighted by molar-refractivity contribution is -0.138. The van der Waals surface area contributed by atoms with Crippen LogP contribution in [0.4, 0.5) is 5.82 Å². The summed E-state index contributed by atoms with van der Waals surface area (Å²) in [7, 11) is 3.93. The number of pyridine rings is 1. The molecule has 122 valence electrons. The van der Waals surface area contributed by atoms with Crippen molar-refractivity contribution >= 4 is 23.1 Å². The van der Waals surface area contributed by atoms with Gasteiger partial charge in [0.1, 0.15) is 11.9 Å². The smallest absolute Gasteiger partial charge is 0.227 e. The summed E-state index contributed by atoms with van der Waals surface area (Å²) in [5.41, 5.74) is 1.96. The van der Waals surface area contributed by atoms with Crippen molar-refractivity contribution in [1.82, 2.24) is 9.88 Å². The van der Waals surface area contributed by atoms with E-state index in [1.807, 2.05) is 58.9 Å². The van der Waals surface area contributed by atoms with Crippen LogP contribution in [-0.2, 0) is 16.0 Å². The Hall–Kier alpha value is -1.92. The summed E-state index contributed by atoms with van der Waals surface area (Å²) in [5, 5.41) is 4.03. The second kappa shape index (κ2) is 7.10. The van der Waals surface area contributed by atoms with Gasteiger partial charge in [0.25, 0.3) is 0 Å². The van der Waals surface area contributed by atoms with Crippen molar-refractivity contribution in [2.75, 3.05) is 38.7 Å². The normalized spacial score (nSPS) is 18.0. The summed E-state index contributed by atoms with van der Waals surface area (Å²) in [4.78, 5) is 20.9. The minimum absolute atomic E-state index is 0.153. The minimum atomic E-state index is -0.157. The first-order valence-corrected chi connectivity index (χ1v) is 8.62. The quantitative estimate of drug-likeness (QED) is 0.863. The van der Waals surface area contributed by atoms with Gasteiger partial charge in [-0.05, 0) is 34.5 Å². The molecule has 0 saturated carbocycles. The van der Waals surface area contributed by atoms with E-state index >= 15 is 0 Å². The molecule has 1 aliphatic rings. The lowest BCUT2D eigenvalue weighted by atomic mass is 10.1. The first-order valence-electron chi connectivity index (χ1n) is 7.68. The average molecular weight is 331 g/mol. The molecule has 1 atom stereocenters. The van der Waals surface area contributed by atoms with Crippen molar-refractivity contribution in [2.45, 2.75) is 12.5 Å². The molecular formula is C17H21N3O2S. The van der Waals surface area contributed by atoms with Crippen molar-refractivity contribution in [1.29, 1.82) is 0 Å². The van der Waals surface area contributed by atoms with Gasteiger partial charge < -0.3 is 14.5 Å². The molecular weight excluding hydrogens is 310 g/mol. The molecule has 3 rings (SSSR count). The largest absolute Gasteiger partial charge is 0.368 e. The average Bonchev–Trinajstić information content (AvgIpc) is 3.08. The molecule has 1 aliphatic heterocycles. The molecule has 0 spiro atoms. The molecule has 2 aromatic heterocycles. The Morgan fingerprint density at radius 1 is 1.43 bits per heavy atom. The predicted molar refractivity (Wildman–Crippen MR) is 91.9 cm³/mol. The maximum absolute atomic E-state index is 12.5. The van der Waals surface area contributed by atoms with Gasteiger partial charge >= 0.3 is 0 Å². The summed E-state index contributed by atoms with van der Waals surface area (Å²) in [5.74, 6) is 1.05. The van der Waals surface area contributed by atoms with E-state index in [4.69, 9.17) is 4.74 Å². The van der Waals surface area contributed by atoms with Crippen LogP contribution in [0.1, 0.15) is 17.4 Å². The highest BCUT2D eigenvalue weighted by Crippen LogP contribution is 2.23. The Morgan fingerprint density at radius 2 is 2.30 bits per heavy atom. The Kier molecular flexibility index (Phi) is 4.93. The number of amides is 1. The molecule has 0 radical (unpaired) electrons. The summed E-state index contributed by atoms with van der Waals surface area (Å²) >= 11 is 1.62. The summed E-state index contributed by atoms with van der Waals surface area (Å²) in [6.45, 7) is 1.76. The molecule has 6 heteroatoms. The van der Waals surface area contributed by atoms with Crippen molar-refractivity contribution in [3.05, 3.63) is 46.3 Å². The van der Waals surface area contributed by atoms with Crippen LogP contribution in [0.25, 0.3) is 0 Å². The van der Waals surface area contributed by atoms with E-state index in [1.165, 1.54) is 0 Å². The van der Waals surface area contributed by atoms with Crippen LogP contribution in [0.2, 0.25) is 0 Å². The van der Waals surface area contributed by atoms with Gasteiger partial charge in [0.05, 0.1) is 25.3 Å². The van der Waals surface area contributed by atoms with Crippen molar-refractivity contribution in [3.63, 3.8) is 0 Å². The van der Waals surface area contributed by atoms with Gasteiger partial charge in [-0.2, -0.15) is 11.3 Å². The van der Waals surface area contributed by atoms with Crippen molar-refractivity contribution in [2.24, 2.45) is 0 Å². The van der Waals surface area contributed by atoms with E-state index in [0.717, 1.165) is 17.1 Å². The molecule has 3 heterocycles. The number of carbonyl (C=O) groups excluding carboxylic acids is 1. The molecule has 0 bridgehead atoms. The monoisotopic (exact) mass is 331 g/mol. The zero-order chi connectivity index (χ0) is 16.2. The number of hydrogen-bond acceptors (Lipinski definition) is 5. The number of rotatable bonds is 4. The van der Waals surface area contributed by atoms with E-state index in [2.05, 4.69) is 4.98 Å². The number of morpholine rings is 1. The van der Waals surface area contributed by atoms with Crippen LogP contribution < -0.4 is 4.90 Å². The van der Waals surface area contributed by atoms with Crippen LogP contribution in [0.5, 0.6) is 0 Å². The molecule has 23 heavy (non-hydrogen) atoms. The van der Waals surface area contributed by atoms with E-state index < -0.39 is 0 Å². The fourth-order valence-corrected chi connectivity index (χ4v) is 3.27. The number of ether oxygens (including phenoxy) is 1. The van der Waals surface area contributed by atoms with Gasteiger partial charge in [0.2, 0.25) is 5.91 Å². The second-order valence-corrected chi connectivity index (χ2v) is 6.60. The predicted octanol–water partition coefficient (Wildman–Crippen LogP) is 2.35.